The van der Waals surface area contributed by atoms with E-state index in [0.29, 0.717) is 24.7 Å². The quantitative estimate of drug-likeness (QED) is 0.705. The molecule has 8 nitrogen and oxygen atoms in total. The average Bonchev–Trinajstić information content (AvgIpc) is 3.06. The summed E-state index contributed by atoms with van der Waals surface area (Å²) in [5.74, 6) is 0.561. The molecule has 0 atom stereocenters. The van der Waals surface area contributed by atoms with E-state index in [1.54, 1.807) is 0 Å². The summed E-state index contributed by atoms with van der Waals surface area (Å²) in [6.07, 6.45) is 3.71. The Labute approximate surface area is 148 Å². The molecule has 0 aromatic heterocycles. The van der Waals surface area contributed by atoms with Gasteiger partial charge in [0.15, 0.2) is 11.5 Å². The zero-order chi connectivity index (χ0) is 17.9. The summed E-state index contributed by atoms with van der Waals surface area (Å²) >= 11 is 0. The molecule has 0 saturated heterocycles. The van der Waals surface area contributed by atoms with Gasteiger partial charge < -0.3 is 9.47 Å². The third kappa shape index (κ3) is 4.84. The van der Waals surface area contributed by atoms with Crippen LogP contribution in [0.1, 0.15) is 25.7 Å². The predicted molar refractivity (Wildman–Crippen MR) is 91.8 cm³/mol. The maximum atomic E-state index is 12.3. The highest BCUT2D eigenvalue weighted by Gasteiger charge is 2.23. The molecule has 2 aliphatic rings. The predicted octanol–water partition coefficient (Wildman–Crippen LogP) is 0.598. The van der Waals surface area contributed by atoms with Crippen molar-refractivity contribution in [3.63, 3.8) is 0 Å². The molecule has 1 aliphatic carbocycles. The SMILES string of the molecule is O=S(=O)(CCNS(=O)(=O)c1ccc2c(c1)OCCO2)NC1CCCC1. The molecular formula is C15H22N2O6S2. The molecule has 0 spiro atoms. The fourth-order valence-electron chi connectivity index (χ4n) is 2.94. The van der Waals surface area contributed by atoms with E-state index in [1.807, 2.05) is 0 Å². The molecule has 3 rings (SSSR count). The van der Waals surface area contributed by atoms with Crippen LogP contribution < -0.4 is 18.9 Å². The second kappa shape index (κ2) is 7.48. The summed E-state index contributed by atoms with van der Waals surface area (Å²) in [6.45, 7) is 0.580. The Morgan fingerprint density at radius 3 is 2.40 bits per heavy atom. The molecular weight excluding hydrogens is 368 g/mol. The van der Waals surface area contributed by atoms with Gasteiger partial charge in [0.2, 0.25) is 20.0 Å². The normalized spacial score (nSPS) is 18.4. The van der Waals surface area contributed by atoms with Crippen LogP contribution in [0.3, 0.4) is 0 Å². The lowest BCUT2D eigenvalue weighted by molar-refractivity contribution is 0.171. The third-order valence-corrected chi connectivity index (χ3v) is 7.08. The monoisotopic (exact) mass is 390 g/mol. The Balaban J connectivity index is 1.58. The van der Waals surface area contributed by atoms with Gasteiger partial charge in [-0.3, -0.25) is 0 Å². The summed E-state index contributed by atoms with van der Waals surface area (Å²) in [7, 11) is -7.33. The first kappa shape index (κ1) is 18.4. The van der Waals surface area contributed by atoms with E-state index in [0.717, 1.165) is 25.7 Å². The van der Waals surface area contributed by atoms with Gasteiger partial charge in [-0.25, -0.2) is 26.3 Å². The molecule has 2 N–H and O–H groups in total. The Kier molecular flexibility index (Phi) is 5.52. The molecule has 1 saturated carbocycles. The van der Waals surface area contributed by atoms with Crippen LogP contribution in [0.25, 0.3) is 0 Å². The van der Waals surface area contributed by atoms with Gasteiger partial charge >= 0.3 is 0 Å². The lowest BCUT2D eigenvalue weighted by Crippen LogP contribution is -2.38. The number of nitrogens with one attached hydrogen (secondary N) is 2. The van der Waals surface area contributed by atoms with Gasteiger partial charge in [-0.05, 0) is 25.0 Å². The lowest BCUT2D eigenvalue weighted by atomic mass is 10.3. The summed E-state index contributed by atoms with van der Waals surface area (Å²) in [4.78, 5) is 0.0119. The summed E-state index contributed by atoms with van der Waals surface area (Å²) in [5.41, 5.74) is 0. The van der Waals surface area contributed by atoms with E-state index in [9.17, 15) is 16.8 Å². The average molecular weight is 390 g/mol. The van der Waals surface area contributed by atoms with Crippen molar-refractivity contribution in [2.24, 2.45) is 0 Å². The minimum absolute atomic E-state index is 0.0119. The molecule has 0 unspecified atom stereocenters. The van der Waals surface area contributed by atoms with Gasteiger partial charge in [-0.1, -0.05) is 12.8 Å². The third-order valence-electron chi connectivity index (χ3n) is 4.19. The lowest BCUT2D eigenvalue weighted by Gasteiger charge is -2.19. The smallest absolute Gasteiger partial charge is 0.240 e. The van der Waals surface area contributed by atoms with Crippen molar-refractivity contribution in [2.75, 3.05) is 25.5 Å². The van der Waals surface area contributed by atoms with Crippen molar-refractivity contribution in [3.8, 4) is 11.5 Å². The van der Waals surface area contributed by atoms with Crippen LogP contribution in [0.4, 0.5) is 0 Å². The van der Waals surface area contributed by atoms with Gasteiger partial charge in [0, 0.05) is 18.7 Å². The fourth-order valence-corrected chi connectivity index (χ4v) is 5.35. The van der Waals surface area contributed by atoms with Gasteiger partial charge in [0.25, 0.3) is 0 Å². The first-order valence-corrected chi connectivity index (χ1v) is 11.4. The topological polar surface area (TPSA) is 111 Å². The van der Waals surface area contributed by atoms with Crippen molar-refractivity contribution in [1.82, 2.24) is 9.44 Å². The zero-order valence-corrected chi connectivity index (χ0v) is 15.4. The van der Waals surface area contributed by atoms with Gasteiger partial charge in [-0.15, -0.1) is 0 Å². The molecule has 0 bridgehead atoms. The minimum Gasteiger partial charge on any atom is -0.486 e. The van der Waals surface area contributed by atoms with Gasteiger partial charge in [-0.2, -0.15) is 0 Å². The molecule has 0 radical (unpaired) electrons. The highest BCUT2D eigenvalue weighted by Crippen LogP contribution is 2.32. The van der Waals surface area contributed by atoms with Gasteiger partial charge in [0.05, 0.1) is 10.6 Å². The van der Waals surface area contributed by atoms with Crippen LogP contribution in [0.2, 0.25) is 0 Å². The Bertz CT molecular complexity index is 816. The number of hydrogen-bond donors (Lipinski definition) is 2. The van der Waals surface area contributed by atoms with Crippen LogP contribution in [0.15, 0.2) is 23.1 Å². The molecule has 10 heteroatoms. The van der Waals surface area contributed by atoms with E-state index >= 15 is 0 Å². The second-order valence-corrected chi connectivity index (χ2v) is 9.76. The molecule has 1 aliphatic heterocycles. The van der Waals surface area contributed by atoms with Crippen LogP contribution >= 0.6 is 0 Å². The van der Waals surface area contributed by atoms with E-state index < -0.39 is 20.0 Å². The molecule has 25 heavy (non-hydrogen) atoms. The van der Waals surface area contributed by atoms with Crippen molar-refractivity contribution >= 4 is 20.0 Å². The van der Waals surface area contributed by atoms with E-state index in [-0.39, 0.29) is 23.2 Å². The van der Waals surface area contributed by atoms with Crippen molar-refractivity contribution in [1.29, 1.82) is 0 Å². The summed E-state index contributed by atoms with van der Waals surface area (Å²) in [6, 6.07) is 4.28. The zero-order valence-electron chi connectivity index (χ0n) is 13.7. The molecule has 1 aromatic carbocycles. The van der Waals surface area contributed by atoms with Crippen molar-refractivity contribution in [3.05, 3.63) is 18.2 Å². The van der Waals surface area contributed by atoms with Crippen molar-refractivity contribution in [2.45, 2.75) is 36.6 Å². The maximum Gasteiger partial charge on any atom is 0.240 e. The van der Waals surface area contributed by atoms with Crippen LogP contribution in [-0.4, -0.2) is 48.4 Å². The fraction of sp³-hybridized carbons (Fsp3) is 0.600. The largest absolute Gasteiger partial charge is 0.486 e. The highest BCUT2D eigenvalue weighted by atomic mass is 32.2. The van der Waals surface area contributed by atoms with E-state index in [4.69, 9.17) is 9.47 Å². The highest BCUT2D eigenvalue weighted by molar-refractivity contribution is 7.90. The standard InChI is InChI=1S/C15H22N2O6S2/c18-24(19,17-12-3-1-2-4-12)10-7-16-25(20,21)13-5-6-14-15(11-13)23-9-8-22-14/h5-6,11-12,16-17H,1-4,7-10H2. The van der Waals surface area contributed by atoms with Gasteiger partial charge in [0.1, 0.15) is 13.2 Å². The van der Waals surface area contributed by atoms with Crippen LogP contribution in [0, 0.1) is 0 Å². The summed E-state index contributed by atoms with van der Waals surface area (Å²) in [5, 5.41) is 0. The first-order valence-electron chi connectivity index (χ1n) is 8.25. The first-order chi connectivity index (χ1) is 11.9. The molecule has 1 aromatic rings. The van der Waals surface area contributed by atoms with Crippen LogP contribution in [0.5, 0.6) is 11.5 Å². The maximum absolute atomic E-state index is 12.3. The Morgan fingerprint density at radius 2 is 1.68 bits per heavy atom. The summed E-state index contributed by atoms with van der Waals surface area (Å²) < 4.78 is 64.4. The molecule has 1 heterocycles. The molecule has 1 fully saturated rings. The van der Waals surface area contributed by atoms with E-state index in [1.165, 1.54) is 18.2 Å². The van der Waals surface area contributed by atoms with Crippen molar-refractivity contribution < 1.29 is 26.3 Å². The second-order valence-electron chi connectivity index (χ2n) is 6.12. The number of ether oxygens (including phenoxy) is 2. The van der Waals surface area contributed by atoms with Crippen LogP contribution in [-0.2, 0) is 20.0 Å². The van der Waals surface area contributed by atoms with E-state index in [2.05, 4.69) is 9.44 Å². The number of benzene rings is 1. The Morgan fingerprint density at radius 1 is 1.00 bits per heavy atom. The number of hydrogen-bond acceptors (Lipinski definition) is 6. The Hall–Kier alpha value is -1.36. The number of rotatable bonds is 7. The molecule has 0 amide bonds. The minimum atomic E-state index is -3.82. The number of fused-ring (bicyclic) bond motifs is 1. The number of sulfonamides is 2. The molecule has 140 valence electrons.